The number of pyridine rings is 1. The van der Waals surface area contributed by atoms with Gasteiger partial charge in [-0.1, -0.05) is 6.92 Å². The molecule has 1 unspecified atom stereocenters. The Balaban J connectivity index is 2.64. The van der Waals surface area contributed by atoms with Crippen LogP contribution >= 0.6 is 0 Å². The first kappa shape index (κ1) is 13.2. The number of carbonyl (C=O) groups excluding carboxylic acids is 2. The number of nitrogens with zero attached hydrogens (tertiary/aromatic N) is 1. The minimum atomic E-state index is -0.761. The van der Waals surface area contributed by atoms with Crippen LogP contribution in [0.5, 0.6) is 0 Å². The monoisotopic (exact) mass is 236 g/mol. The molecular formula is C12H16N2O3. The second-order valence-electron chi connectivity index (χ2n) is 3.44. The molecule has 5 heteroatoms. The Kier molecular flexibility index (Phi) is 5.13. The smallest absolute Gasteiger partial charge is 0.318 e. The number of anilines is 1. The Labute approximate surface area is 100 Å². The number of aromatic nitrogens is 1. The number of carbonyl (C=O) groups is 2. The summed E-state index contributed by atoms with van der Waals surface area (Å²) >= 11 is 0. The molecule has 0 aliphatic rings. The molecule has 1 aromatic heterocycles. The van der Waals surface area contributed by atoms with Gasteiger partial charge in [0.15, 0.2) is 0 Å². The molecule has 1 N–H and O–H groups in total. The summed E-state index contributed by atoms with van der Waals surface area (Å²) in [5.74, 6) is -1.60. The van der Waals surface area contributed by atoms with Crippen molar-refractivity contribution in [2.45, 2.75) is 20.3 Å². The van der Waals surface area contributed by atoms with E-state index in [9.17, 15) is 9.59 Å². The van der Waals surface area contributed by atoms with Crippen LogP contribution in [0.4, 0.5) is 5.69 Å². The van der Waals surface area contributed by atoms with E-state index in [-0.39, 0.29) is 12.5 Å². The fourth-order valence-electron chi connectivity index (χ4n) is 1.37. The van der Waals surface area contributed by atoms with Gasteiger partial charge in [-0.3, -0.25) is 14.6 Å². The molecule has 0 saturated carbocycles. The van der Waals surface area contributed by atoms with E-state index in [1.165, 1.54) is 0 Å². The highest BCUT2D eigenvalue weighted by molar-refractivity contribution is 6.04. The van der Waals surface area contributed by atoms with Crippen LogP contribution in [0.3, 0.4) is 0 Å². The molecule has 1 amide bonds. The number of amides is 1. The Hall–Kier alpha value is -1.91. The first-order valence-corrected chi connectivity index (χ1v) is 5.56. The van der Waals surface area contributed by atoms with Gasteiger partial charge in [0, 0.05) is 18.1 Å². The molecule has 5 nitrogen and oxygen atoms in total. The predicted octanol–water partition coefficient (Wildman–Crippen LogP) is 1.61. The number of esters is 1. The third-order valence-electron chi connectivity index (χ3n) is 2.24. The van der Waals surface area contributed by atoms with Crippen molar-refractivity contribution in [3.05, 3.63) is 24.5 Å². The molecule has 0 bridgehead atoms. The topological polar surface area (TPSA) is 68.3 Å². The largest absolute Gasteiger partial charge is 0.465 e. The number of rotatable bonds is 5. The predicted molar refractivity (Wildman–Crippen MR) is 63.3 cm³/mol. The lowest BCUT2D eigenvalue weighted by atomic mass is 10.1. The summed E-state index contributed by atoms with van der Waals surface area (Å²) in [7, 11) is 0. The van der Waals surface area contributed by atoms with Crippen LogP contribution in [0.15, 0.2) is 24.5 Å². The van der Waals surface area contributed by atoms with Crippen molar-refractivity contribution >= 4 is 17.6 Å². The SMILES string of the molecule is CCOC(=O)C(CC)C(=O)Nc1ccncc1. The molecule has 1 heterocycles. The first-order chi connectivity index (χ1) is 8.19. The summed E-state index contributed by atoms with van der Waals surface area (Å²) in [4.78, 5) is 27.2. The molecule has 0 aliphatic heterocycles. The number of nitrogens with one attached hydrogen (secondary N) is 1. The van der Waals surface area contributed by atoms with Crippen LogP contribution in [0, 0.1) is 5.92 Å². The van der Waals surface area contributed by atoms with Gasteiger partial charge in [-0.15, -0.1) is 0 Å². The maximum atomic E-state index is 11.8. The van der Waals surface area contributed by atoms with Crippen LogP contribution in [0.2, 0.25) is 0 Å². The van der Waals surface area contributed by atoms with Crippen LogP contribution in [-0.4, -0.2) is 23.5 Å². The molecule has 92 valence electrons. The summed E-state index contributed by atoms with van der Waals surface area (Å²) in [5.41, 5.74) is 0.618. The third-order valence-corrected chi connectivity index (χ3v) is 2.24. The lowest BCUT2D eigenvalue weighted by Gasteiger charge is -2.13. The summed E-state index contributed by atoms with van der Waals surface area (Å²) < 4.78 is 4.84. The second-order valence-corrected chi connectivity index (χ2v) is 3.44. The van der Waals surface area contributed by atoms with Gasteiger partial charge in [-0.25, -0.2) is 0 Å². The molecule has 0 aromatic carbocycles. The van der Waals surface area contributed by atoms with E-state index in [4.69, 9.17) is 4.74 Å². The Morgan fingerprint density at radius 2 is 2.00 bits per heavy atom. The van der Waals surface area contributed by atoms with E-state index in [0.717, 1.165) is 0 Å². The standard InChI is InChI=1S/C12H16N2O3/c1-3-10(12(16)17-4-2)11(15)14-9-5-7-13-8-6-9/h5-8,10H,3-4H2,1-2H3,(H,13,14,15). The van der Waals surface area contributed by atoms with E-state index in [2.05, 4.69) is 10.3 Å². The second kappa shape index (κ2) is 6.62. The molecule has 0 radical (unpaired) electrons. The van der Waals surface area contributed by atoms with Gasteiger partial charge in [0.05, 0.1) is 6.61 Å². The van der Waals surface area contributed by atoms with Crippen molar-refractivity contribution in [1.29, 1.82) is 0 Å². The quantitative estimate of drug-likeness (QED) is 0.623. The van der Waals surface area contributed by atoms with Crippen molar-refractivity contribution in [2.24, 2.45) is 5.92 Å². The zero-order valence-corrected chi connectivity index (χ0v) is 9.97. The van der Waals surface area contributed by atoms with Crippen molar-refractivity contribution in [3.63, 3.8) is 0 Å². The maximum Gasteiger partial charge on any atom is 0.318 e. The zero-order valence-electron chi connectivity index (χ0n) is 9.97. The van der Waals surface area contributed by atoms with Crippen molar-refractivity contribution in [3.8, 4) is 0 Å². The fourth-order valence-corrected chi connectivity index (χ4v) is 1.37. The number of hydrogen-bond acceptors (Lipinski definition) is 4. The molecule has 0 saturated heterocycles. The van der Waals surface area contributed by atoms with Gasteiger partial charge >= 0.3 is 5.97 Å². The summed E-state index contributed by atoms with van der Waals surface area (Å²) in [6.45, 7) is 3.76. The van der Waals surface area contributed by atoms with Gasteiger partial charge < -0.3 is 10.1 Å². The van der Waals surface area contributed by atoms with Crippen LogP contribution < -0.4 is 5.32 Å². The van der Waals surface area contributed by atoms with E-state index < -0.39 is 11.9 Å². The van der Waals surface area contributed by atoms with E-state index in [1.54, 1.807) is 38.4 Å². The molecule has 17 heavy (non-hydrogen) atoms. The van der Waals surface area contributed by atoms with E-state index >= 15 is 0 Å². The molecule has 1 aromatic rings. The highest BCUT2D eigenvalue weighted by Crippen LogP contribution is 2.11. The zero-order chi connectivity index (χ0) is 12.7. The lowest BCUT2D eigenvalue weighted by molar-refractivity contribution is -0.151. The Bertz CT molecular complexity index is 379. The number of hydrogen-bond donors (Lipinski definition) is 1. The average molecular weight is 236 g/mol. The minimum Gasteiger partial charge on any atom is -0.465 e. The minimum absolute atomic E-state index is 0.276. The lowest BCUT2D eigenvalue weighted by Crippen LogP contribution is -2.30. The van der Waals surface area contributed by atoms with Gasteiger partial charge in [-0.2, -0.15) is 0 Å². The molecular weight excluding hydrogens is 220 g/mol. The van der Waals surface area contributed by atoms with E-state index in [1.807, 2.05) is 0 Å². The first-order valence-electron chi connectivity index (χ1n) is 5.56. The molecule has 0 fully saturated rings. The average Bonchev–Trinajstić information content (AvgIpc) is 2.31. The maximum absolute atomic E-state index is 11.8. The molecule has 1 atom stereocenters. The van der Waals surface area contributed by atoms with E-state index in [0.29, 0.717) is 12.1 Å². The van der Waals surface area contributed by atoms with Gasteiger partial charge in [0.25, 0.3) is 0 Å². The molecule has 0 aliphatic carbocycles. The van der Waals surface area contributed by atoms with Crippen molar-refractivity contribution < 1.29 is 14.3 Å². The highest BCUT2D eigenvalue weighted by Gasteiger charge is 2.25. The van der Waals surface area contributed by atoms with Crippen molar-refractivity contribution in [2.75, 3.05) is 11.9 Å². The fraction of sp³-hybridized carbons (Fsp3) is 0.417. The molecule has 1 rings (SSSR count). The van der Waals surface area contributed by atoms with Crippen LogP contribution in [-0.2, 0) is 14.3 Å². The normalized spacial score (nSPS) is 11.6. The Morgan fingerprint density at radius 1 is 1.35 bits per heavy atom. The van der Waals surface area contributed by atoms with Crippen LogP contribution in [0.25, 0.3) is 0 Å². The van der Waals surface area contributed by atoms with Gasteiger partial charge in [-0.05, 0) is 25.5 Å². The summed E-state index contributed by atoms with van der Waals surface area (Å²) in [6.07, 6.45) is 3.55. The Morgan fingerprint density at radius 3 is 2.53 bits per heavy atom. The summed E-state index contributed by atoms with van der Waals surface area (Å²) in [5, 5.41) is 2.65. The van der Waals surface area contributed by atoms with Gasteiger partial charge in [0.2, 0.25) is 5.91 Å². The van der Waals surface area contributed by atoms with Gasteiger partial charge in [0.1, 0.15) is 5.92 Å². The third kappa shape index (κ3) is 3.86. The van der Waals surface area contributed by atoms with Crippen molar-refractivity contribution in [1.82, 2.24) is 4.98 Å². The highest BCUT2D eigenvalue weighted by atomic mass is 16.5. The molecule has 0 spiro atoms. The number of ether oxygens (including phenoxy) is 1. The summed E-state index contributed by atoms with van der Waals surface area (Å²) in [6, 6.07) is 3.32. The van der Waals surface area contributed by atoms with Crippen LogP contribution in [0.1, 0.15) is 20.3 Å².